The number of nitrogens with one attached hydrogen (secondary N) is 1. The second-order valence-corrected chi connectivity index (χ2v) is 3.60. The number of pyridine rings is 1. The number of rotatable bonds is 3. The molecule has 0 radical (unpaired) electrons. The zero-order chi connectivity index (χ0) is 11.5. The third-order valence-corrected chi connectivity index (χ3v) is 1.92. The maximum atomic E-state index is 11.9. The molecule has 1 aromatic heterocycles. The zero-order valence-corrected chi connectivity index (χ0v) is 8.60. The van der Waals surface area contributed by atoms with Crippen molar-refractivity contribution in [1.82, 2.24) is 4.98 Å². The van der Waals surface area contributed by atoms with E-state index < -0.39 is 12.7 Å². The fourth-order valence-electron chi connectivity index (χ4n) is 1.04. The van der Waals surface area contributed by atoms with Crippen LogP contribution in [0.3, 0.4) is 0 Å². The van der Waals surface area contributed by atoms with Gasteiger partial charge in [0, 0.05) is 6.20 Å². The lowest BCUT2D eigenvalue weighted by Crippen LogP contribution is -2.21. The van der Waals surface area contributed by atoms with Crippen molar-refractivity contribution < 1.29 is 13.2 Å². The van der Waals surface area contributed by atoms with Gasteiger partial charge in [-0.15, -0.1) is 0 Å². The molecule has 1 N–H and O–H groups in total. The van der Waals surface area contributed by atoms with Gasteiger partial charge in [0.1, 0.15) is 12.4 Å². The first kappa shape index (κ1) is 11.8. The van der Waals surface area contributed by atoms with Gasteiger partial charge in [-0.2, -0.15) is 13.2 Å². The van der Waals surface area contributed by atoms with Gasteiger partial charge in [-0.05, 0) is 17.5 Å². The molecular formula is C10H13F3N2. The third kappa shape index (κ3) is 4.18. The van der Waals surface area contributed by atoms with Gasteiger partial charge in [-0.25, -0.2) is 4.98 Å². The first-order valence-electron chi connectivity index (χ1n) is 4.65. The summed E-state index contributed by atoms with van der Waals surface area (Å²) < 4.78 is 35.6. The van der Waals surface area contributed by atoms with Gasteiger partial charge in [0.05, 0.1) is 0 Å². The Hall–Kier alpha value is -1.26. The average molecular weight is 218 g/mol. The van der Waals surface area contributed by atoms with E-state index in [4.69, 9.17) is 0 Å². The first-order valence-corrected chi connectivity index (χ1v) is 4.65. The van der Waals surface area contributed by atoms with Crippen molar-refractivity contribution in [3.8, 4) is 0 Å². The Bertz CT molecular complexity index is 303. The molecule has 84 valence electrons. The molecule has 0 fully saturated rings. The highest BCUT2D eigenvalue weighted by atomic mass is 19.4. The van der Waals surface area contributed by atoms with E-state index in [0.717, 1.165) is 5.56 Å². The van der Waals surface area contributed by atoms with Crippen LogP contribution in [0.25, 0.3) is 0 Å². The molecule has 0 aromatic carbocycles. The Morgan fingerprint density at radius 1 is 1.33 bits per heavy atom. The van der Waals surface area contributed by atoms with Gasteiger partial charge in [-0.3, -0.25) is 0 Å². The minimum Gasteiger partial charge on any atom is -0.361 e. The van der Waals surface area contributed by atoms with Gasteiger partial charge in [0.15, 0.2) is 0 Å². The van der Waals surface area contributed by atoms with Crippen molar-refractivity contribution in [2.45, 2.75) is 25.9 Å². The normalized spacial score (nSPS) is 11.9. The smallest absolute Gasteiger partial charge is 0.361 e. The van der Waals surface area contributed by atoms with Crippen LogP contribution in [0.1, 0.15) is 25.3 Å². The topological polar surface area (TPSA) is 24.9 Å². The minimum absolute atomic E-state index is 0.247. The number of alkyl halides is 3. The number of halogens is 3. The molecule has 0 atom stereocenters. The van der Waals surface area contributed by atoms with Crippen LogP contribution in [0.2, 0.25) is 0 Å². The van der Waals surface area contributed by atoms with Crippen LogP contribution in [0.5, 0.6) is 0 Å². The van der Waals surface area contributed by atoms with Gasteiger partial charge < -0.3 is 5.32 Å². The number of anilines is 1. The van der Waals surface area contributed by atoms with Gasteiger partial charge in [0.25, 0.3) is 0 Å². The van der Waals surface area contributed by atoms with Crippen LogP contribution in [0, 0.1) is 0 Å². The fourth-order valence-corrected chi connectivity index (χ4v) is 1.04. The summed E-state index contributed by atoms with van der Waals surface area (Å²) in [4.78, 5) is 3.89. The lowest BCUT2D eigenvalue weighted by Gasteiger charge is -2.10. The Labute approximate surface area is 86.5 Å². The number of hydrogen-bond acceptors (Lipinski definition) is 2. The molecule has 5 heteroatoms. The molecule has 0 saturated heterocycles. The van der Waals surface area contributed by atoms with Crippen LogP contribution in [-0.4, -0.2) is 17.7 Å². The average Bonchev–Trinajstić information content (AvgIpc) is 2.14. The summed E-state index contributed by atoms with van der Waals surface area (Å²) in [6.45, 7) is 2.95. The van der Waals surface area contributed by atoms with Crippen molar-refractivity contribution in [3.63, 3.8) is 0 Å². The van der Waals surface area contributed by atoms with E-state index in [1.165, 1.54) is 0 Å². The molecule has 1 rings (SSSR count). The van der Waals surface area contributed by atoms with E-state index >= 15 is 0 Å². The molecule has 0 spiro atoms. The predicted octanol–water partition coefficient (Wildman–Crippen LogP) is 3.18. The van der Waals surface area contributed by atoms with E-state index in [2.05, 4.69) is 10.3 Å². The molecule has 1 heterocycles. The van der Waals surface area contributed by atoms with Gasteiger partial charge in [0.2, 0.25) is 0 Å². The van der Waals surface area contributed by atoms with Crippen LogP contribution >= 0.6 is 0 Å². The molecule has 15 heavy (non-hydrogen) atoms. The molecule has 2 nitrogen and oxygen atoms in total. The van der Waals surface area contributed by atoms with E-state index in [9.17, 15) is 13.2 Å². The highest BCUT2D eigenvalue weighted by molar-refractivity contribution is 5.36. The Morgan fingerprint density at radius 3 is 2.40 bits per heavy atom. The highest BCUT2D eigenvalue weighted by Gasteiger charge is 2.26. The molecule has 0 aliphatic heterocycles. The largest absolute Gasteiger partial charge is 0.405 e. The lowest BCUT2D eigenvalue weighted by atomic mass is 10.1. The summed E-state index contributed by atoms with van der Waals surface area (Å²) in [6.07, 6.45) is -2.62. The number of hydrogen-bond donors (Lipinski definition) is 1. The minimum atomic E-state index is -4.21. The molecule has 0 aliphatic rings. The van der Waals surface area contributed by atoms with Crippen molar-refractivity contribution in [2.24, 2.45) is 0 Å². The fraction of sp³-hybridized carbons (Fsp3) is 0.500. The molecule has 0 aliphatic carbocycles. The van der Waals surface area contributed by atoms with E-state index in [-0.39, 0.29) is 5.82 Å². The van der Waals surface area contributed by atoms with Crippen LogP contribution in [-0.2, 0) is 0 Å². The molecule has 1 aromatic rings. The van der Waals surface area contributed by atoms with Gasteiger partial charge in [-0.1, -0.05) is 19.9 Å². The van der Waals surface area contributed by atoms with E-state index in [1.54, 1.807) is 18.3 Å². The molecule has 0 amide bonds. The summed E-state index contributed by atoms with van der Waals surface area (Å²) in [7, 11) is 0. The second kappa shape index (κ2) is 4.51. The number of aromatic nitrogens is 1. The zero-order valence-electron chi connectivity index (χ0n) is 8.60. The molecule has 0 bridgehead atoms. The monoisotopic (exact) mass is 218 g/mol. The lowest BCUT2D eigenvalue weighted by molar-refractivity contribution is -0.115. The Kier molecular flexibility index (Phi) is 3.55. The second-order valence-electron chi connectivity index (χ2n) is 3.60. The number of nitrogens with zero attached hydrogens (tertiary/aromatic N) is 1. The standard InChI is InChI=1S/C10H13F3N2/c1-7(2)8-3-4-9(14-5-8)15-6-10(11,12)13/h3-5,7H,6H2,1-2H3,(H,14,15). The Morgan fingerprint density at radius 2 is 2.00 bits per heavy atom. The molecule has 0 unspecified atom stereocenters. The Balaban J connectivity index is 2.57. The summed E-state index contributed by atoms with van der Waals surface area (Å²) >= 11 is 0. The molecular weight excluding hydrogens is 205 g/mol. The summed E-state index contributed by atoms with van der Waals surface area (Å²) in [5.74, 6) is 0.575. The summed E-state index contributed by atoms with van der Waals surface area (Å²) in [6, 6.07) is 3.33. The van der Waals surface area contributed by atoms with Crippen molar-refractivity contribution in [1.29, 1.82) is 0 Å². The van der Waals surface area contributed by atoms with E-state index in [0.29, 0.717) is 5.92 Å². The summed E-state index contributed by atoms with van der Waals surface area (Å²) in [5, 5.41) is 2.21. The van der Waals surface area contributed by atoms with Crippen molar-refractivity contribution in [2.75, 3.05) is 11.9 Å². The van der Waals surface area contributed by atoms with Crippen LogP contribution in [0.4, 0.5) is 19.0 Å². The first-order chi connectivity index (χ1) is 6.88. The predicted molar refractivity (Wildman–Crippen MR) is 52.9 cm³/mol. The third-order valence-electron chi connectivity index (χ3n) is 1.92. The van der Waals surface area contributed by atoms with Crippen molar-refractivity contribution >= 4 is 5.82 Å². The highest BCUT2D eigenvalue weighted by Crippen LogP contribution is 2.17. The maximum Gasteiger partial charge on any atom is 0.405 e. The summed E-state index contributed by atoms with van der Waals surface area (Å²) in [5.41, 5.74) is 1.01. The van der Waals surface area contributed by atoms with Gasteiger partial charge >= 0.3 is 6.18 Å². The quantitative estimate of drug-likeness (QED) is 0.842. The van der Waals surface area contributed by atoms with Crippen LogP contribution in [0.15, 0.2) is 18.3 Å². The van der Waals surface area contributed by atoms with E-state index in [1.807, 2.05) is 13.8 Å². The SMILES string of the molecule is CC(C)c1ccc(NCC(F)(F)F)nc1. The maximum absolute atomic E-state index is 11.9. The van der Waals surface area contributed by atoms with Crippen LogP contribution < -0.4 is 5.32 Å². The van der Waals surface area contributed by atoms with Crippen molar-refractivity contribution in [3.05, 3.63) is 23.9 Å². The molecule has 0 saturated carbocycles.